The number of hydrogen-bond acceptors (Lipinski definition) is 3. The number of nitrogens with one attached hydrogen (secondary N) is 1. The molecule has 0 amide bonds. The Morgan fingerprint density at radius 1 is 1.25 bits per heavy atom. The SMILES string of the molecule is CNC(c1ccc(CC(C)C)cc1)C1CCS(=O)(=O)C1. The van der Waals surface area contributed by atoms with Gasteiger partial charge in [-0.05, 0) is 42.9 Å². The van der Waals surface area contributed by atoms with Crippen LogP contribution in [0.1, 0.15) is 37.4 Å². The van der Waals surface area contributed by atoms with E-state index in [2.05, 4.69) is 43.4 Å². The van der Waals surface area contributed by atoms with Crippen molar-refractivity contribution in [1.82, 2.24) is 5.32 Å². The molecule has 1 saturated heterocycles. The van der Waals surface area contributed by atoms with Gasteiger partial charge in [-0.1, -0.05) is 38.1 Å². The largest absolute Gasteiger partial charge is 0.313 e. The molecule has 4 heteroatoms. The van der Waals surface area contributed by atoms with Crippen molar-refractivity contribution >= 4 is 9.84 Å². The summed E-state index contributed by atoms with van der Waals surface area (Å²) in [6.45, 7) is 4.43. The van der Waals surface area contributed by atoms with Crippen molar-refractivity contribution in [3.05, 3.63) is 35.4 Å². The summed E-state index contributed by atoms with van der Waals surface area (Å²) in [6, 6.07) is 8.76. The Morgan fingerprint density at radius 3 is 2.35 bits per heavy atom. The summed E-state index contributed by atoms with van der Waals surface area (Å²) in [5, 5.41) is 3.29. The molecule has 1 heterocycles. The fourth-order valence-electron chi connectivity index (χ4n) is 3.09. The van der Waals surface area contributed by atoms with Crippen LogP contribution in [0.2, 0.25) is 0 Å². The first-order valence-corrected chi connectivity index (χ1v) is 9.20. The second-order valence-electron chi connectivity index (χ2n) is 6.27. The third-order valence-corrected chi connectivity index (χ3v) is 5.83. The lowest BCUT2D eigenvalue weighted by Gasteiger charge is -2.22. The van der Waals surface area contributed by atoms with Gasteiger partial charge >= 0.3 is 0 Å². The van der Waals surface area contributed by atoms with Crippen molar-refractivity contribution in [2.45, 2.75) is 32.7 Å². The molecule has 1 aliphatic rings. The molecule has 0 saturated carbocycles. The molecule has 2 unspecified atom stereocenters. The van der Waals surface area contributed by atoms with Gasteiger partial charge in [0.2, 0.25) is 0 Å². The van der Waals surface area contributed by atoms with E-state index in [1.807, 2.05) is 7.05 Å². The van der Waals surface area contributed by atoms with Crippen molar-refractivity contribution in [3.63, 3.8) is 0 Å². The van der Waals surface area contributed by atoms with Gasteiger partial charge < -0.3 is 5.32 Å². The minimum Gasteiger partial charge on any atom is -0.313 e. The van der Waals surface area contributed by atoms with Crippen molar-refractivity contribution in [1.29, 1.82) is 0 Å². The molecule has 1 N–H and O–H groups in total. The summed E-state index contributed by atoms with van der Waals surface area (Å²) in [4.78, 5) is 0. The highest BCUT2D eigenvalue weighted by molar-refractivity contribution is 7.91. The van der Waals surface area contributed by atoms with Crippen LogP contribution in [0.25, 0.3) is 0 Å². The molecule has 1 fully saturated rings. The van der Waals surface area contributed by atoms with Crippen LogP contribution < -0.4 is 5.32 Å². The van der Waals surface area contributed by atoms with Crippen molar-refractivity contribution in [3.8, 4) is 0 Å². The van der Waals surface area contributed by atoms with Gasteiger partial charge in [-0.15, -0.1) is 0 Å². The summed E-state index contributed by atoms with van der Waals surface area (Å²) in [7, 11) is -0.908. The van der Waals surface area contributed by atoms with Gasteiger partial charge in [-0.2, -0.15) is 0 Å². The molecule has 1 aromatic carbocycles. The molecule has 112 valence electrons. The van der Waals surface area contributed by atoms with Crippen molar-refractivity contribution in [2.24, 2.45) is 11.8 Å². The van der Waals surface area contributed by atoms with Crippen LogP contribution in [-0.4, -0.2) is 27.0 Å². The van der Waals surface area contributed by atoms with E-state index in [9.17, 15) is 8.42 Å². The highest BCUT2D eigenvalue weighted by Gasteiger charge is 2.33. The molecule has 0 radical (unpaired) electrons. The fourth-order valence-corrected chi connectivity index (χ4v) is 4.93. The lowest BCUT2D eigenvalue weighted by molar-refractivity contribution is 0.418. The maximum absolute atomic E-state index is 11.6. The zero-order valence-corrected chi connectivity index (χ0v) is 13.4. The fraction of sp³-hybridized carbons (Fsp3) is 0.625. The smallest absolute Gasteiger partial charge is 0.150 e. The molecular formula is C16H25NO2S. The first kappa shape index (κ1) is 15.5. The topological polar surface area (TPSA) is 46.2 Å². The van der Waals surface area contributed by atoms with E-state index in [0.717, 1.165) is 12.8 Å². The average Bonchev–Trinajstić information content (AvgIpc) is 2.72. The summed E-state index contributed by atoms with van der Waals surface area (Å²) in [5.74, 6) is 1.50. The van der Waals surface area contributed by atoms with Gasteiger partial charge in [-0.25, -0.2) is 8.42 Å². The zero-order valence-electron chi connectivity index (χ0n) is 12.6. The number of rotatable bonds is 5. The molecule has 0 aliphatic carbocycles. The molecule has 0 aromatic heterocycles. The summed E-state index contributed by atoms with van der Waals surface area (Å²) in [6.07, 6.45) is 1.85. The average molecular weight is 295 g/mol. The summed E-state index contributed by atoms with van der Waals surface area (Å²) in [5.41, 5.74) is 2.54. The van der Waals surface area contributed by atoms with Crippen LogP contribution in [-0.2, 0) is 16.3 Å². The Balaban J connectivity index is 2.12. The Hall–Kier alpha value is -0.870. The van der Waals surface area contributed by atoms with Crippen LogP contribution in [0.15, 0.2) is 24.3 Å². The van der Waals surface area contributed by atoms with Crippen LogP contribution in [0.4, 0.5) is 0 Å². The standard InChI is InChI=1S/C16H25NO2S/c1-12(2)10-13-4-6-14(7-5-13)16(17-3)15-8-9-20(18,19)11-15/h4-7,12,15-17H,8-11H2,1-3H3. The van der Waals surface area contributed by atoms with E-state index in [4.69, 9.17) is 0 Å². The predicted octanol–water partition coefficient (Wildman–Crippen LogP) is 2.58. The third kappa shape index (κ3) is 3.83. The predicted molar refractivity (Wildman–Crippen MR) is 83.5 cm³/mol. The van der Waals surface area contributed by atoms with E-state index in [0.29, 0.717) is 17.4 Å². The van der Waals surface area contributed by atoms with Gasteiger partial charge in [0.25, 0.3) is 0 Å². The van der Waals surface area contributed by atoms with Gasteiger partial charge in [-0.3, -0.25) is 0 Å². The Kier molecular flexibility index (Phi) is 4.86. The monoisotopic (exact) mass is 295 g/mol. The first-order chi connectivity index (χ1) is 9.41. The molecule has 0 spiro atoms. The highest BCUT2D eigenvalue weighted by Crippen LogP contribution is 2.31. The van der Waals surface area contributed by atoms with E-state index in [-0.39, 0.29) is 12.0 Å². The molecule has 2 atom stereocenters. The molecular weight excluding hydrogens is 270 g/mol. The Morgan fingerprint density at radius 2 is 1.90 bits per heavy atom. The molecule has 1 aromatic rings. The summed E-state index contributed by atoms with van der Waals surface area (Å²) < 4.78 is 23.3. The van der Waals surface area contributed by atoms with Crippen LogP contribution in [0.3, 0.4) is 0 Å². The molecule has 20 heavy (non-hydrogen) atoms. The van der Waals surface area contributed by atoms with Gasteiger partial charge in [0.05, 0.1) is 11.5 Å². The quantitative estimate of drug-likeness (QED) is 0.908. The minimum absolute atomic E-state index is 0.139. The van der Waals surface area contributed by atoms with Gasteiger partial charge in [0.15, 0.2) is 9.84 Å². The van der Waals surface area contributed by atoms with E-state index in [1.165, 1.54) is 11.1 Å². The number of benzene rings is 1. The van der Waals surface area contributed by atoms with Crippen molar-refractivity contribution < 1.29 is 8.42 Å². The molecule has 0 bridgehead atoms. The first-order valence-electron chi connectivity index (χ1n) is 7.38. The highest BCUT2D eigenvalue weighted by atomic mass is 32.2. The molecule has 3 nitrogen and oxygen atoms in total. The van der Waals surface area contributed by atoms with Crippen molar-refractivity contribution in [2.75, 3.05) is 18.6 Å². The Bertz CT molecular complexity index is 534. The maximum atomic E-state index is 11.6. The lowest BCUT2D eigenvalue weighted by Crippen LogP contribution is -2.26. The molecule has 2 rings (SSSR count). The third-order valence-electron chi connectivity index (χ3n) is 4.03. The minimum atomic E-state index is -2.82. The van der Waals surface area contributed by atoms with Crippen LogP contribution in [0, 0.1) is 11.8 Å². The van der Waals surface area contributed by atoms with E-state index < -0.39 is 9.84 Å². The lowest BCUT2D eigenvalue weighted by atomic mass is 9.91. The second kappa shape index (κ2) is 6.27. The molecule has 1 aliphatic heterocycles. The zero-order chi connectivity index (χ0) is 14.8. The number of hydrogen-bond donors (Lipinski definition) is 1. The summed E-state index contributed by atoms with van der Waals surface area (Å²) >= 11 is 0. The van der Waals surface area contributed by atoms with Gasteiger partial charge in [0, 0.05) is 6.04 Å². The van der Waals surface area contributed by atoms with Gasteiger partial charge in [0.1, 0.15) is 0 Å². The Labute approximate surface area is 122 Å². The normalized spacial score (nSPS) is 23.1. The van der Waals surface area contributed by atoms with E-state index >= 15 is 0 Å². The van der Waals surface area contributed by atoms with Crippen LogP contribution in [0.5, 0.6) is 0 Å². The van der Waals surface area contributed by atoms with E-state index in [1.54, 1.807) is 0 Å². The number of sulfone groups is 1. The van der Waals surface area contributed by atoms with Crippen LogP contribution >= 0.6 is 0 Å². The maximum Gasteiger partial charge on any atom is 0.150 e. The second-order valence-corrected chi connectivity index (χ2v) is 8.50.